The maximum Gasteiger partial charge on any atom is 0.336 e. The van der Waals surface area contributed by atoms with Gasteiger partial charge in [0.1, 0.15) is 11.8 Å². The fourth-order valence-electron chi connectivity index (χ4n) is 3.00. The molecule has 1 unspecified atom stereocenters. The van der Waals surface area contributed by atoms with Gasteiger partial charge in [-0.25, -0.2) is 4.79 Å². The van der Waals surface area contributed by atoms with Crippen molar-refractivity contribution in [2.45, 2.75) is 40.2 Å². The van der Waals surface area contributed by atoms with Crippen molar-refractivity contribution in [2.75, 3.05) is 34.0 Å². The first-order chi connectivity index (χ1) is 14.1. The number of allylic oxidation sites excluding steroid dienone is 1. The summed E-state index contributed by atoms with van der Waals surface area (Å²) in [6, 6.07) is 0. The number of carbonyl (C=O) groups is 4. The number of methoxy groups -OCH3 is 2. The summed E-state index contributed by atoms with van der Waals surface area (Å²) in [5.41, 5.74) is 0.425. The van der Waals surface area contributed by atoms with Gasteiger partial charge in [0, 0.05) is 24.6 Å². The molecule has 0 radical (unpaired) electrons. The molecule has 0 aromatic carbocycles. The van der Waals surface area contributed by atoms with E-state index < -0.39 is 42.3 Å². The Morgan fingerprint density at radius 2 is 1.70 bits per heavy atom. The first-order valence-electron chi connectivity index (χ1n) is 9.61. The molecule has 0 spiro atoms. The van der Waals surface area contributed by atoms with Crippen LogP contribution in [-0.2, 0) is 38.1 Å². The van der Waals surface area contributed by atoms with Gasteiger partial charge in [-0.2, -0.15) is 0 Å². The highest BCUT2D eigenvalue weighted by Crippen LogP contribution is 2.33. The molecule has 1 heterocycles. The van der Waals surface area contributed by atoms with Crippen LogP contribution in [-0.4, -0.2) is 69.6 Å². The molecule has 30 heavy (non-hydrogen) atoms. The zero-order chi connectivity index (χ0) is 22.8. The van der Waals surface area contributed by atoms with E-state index in [0.717, 1.165) is 14.2 Å². The van der Waals surface area contributed by atoms with E-state index in [2.05, 4.69) is 10.3 Å². The lowest BCUT2D eigenvalue weighted by molar-refractivity contribution is -0.158. The molecule has 10 nitrogen and oxygen atoms in total. The number of nitrogens with zero attached hydrogens (tertiary/aromatic N) is 1. The minimum absolute atomic E-state index is 0.102. The Kier molecular flexibility index (Phi) is 10.2. The van der Waals surface area contributed by atoms with Gasteiger partial charge in [-0.1, -0.05) is 0 Å². The summed E-state index contributed by atoms with van der Waals surface area (Å²) in [4.78, 5) is 53.4. The summed E-state index contributed by atoms with van der Waals surface area (Å²) < 4.78 is 20.0. The lowest BCUT2D eigenvalue weighted by Crippen LogP contribution is -2.43. The van der Waals surface area contributed by atoms with E-state index in [9.17, 15) is 19.2 Å². The number of esters is 3. The maximum absolute atomic E-state index is 12.8. The molecule has 1 amide bonds. The minimum atomic E-state index is -1.32. The summed E-state index contributed by atoms with van der Waals surface area (Å²) in [6.07, 6.45) is 0.710. The third-order valence-corrected chi connectivity index (χ3v) is 4.38. The third kappa shape index (κ3) is 6.94. The average Bonchev–Trinajstić information content (AvgIpc) is 2.69. The van der Waals surface area contributed by atoms with E-state index in [0.29, 0.717) is 25.3 Å². The van der Waals surface area contributed by atoms with Gasteiger partial charge >= 0.3 is 17.9 Å². The van der Waals surface area contributed by atoms with Crippen molar-refractivity contribution in [2.24, 2.45) is 16.8 Å². The lowest BCUT2D eigenvalue weighted by Gasteiger charge is -2.29. The molecule has 1 rings (SSSR count). The van der Waals surface area contributed by atoms with Crippen molar-refractivity contribution in [1.82, 2.24) is 5.32 Å². The van der Waals surface area contributed by atoms with Crippen LogP contribution >= 0.6 is 0 Å². The van der Waals surface area contributed by atoms with Crippen LogP contribution in [0.5, 0.6) is 0 Å². The topological polar surface area (TPSA) is 130 Å². The molecular formula is C20H30N2O8. The summed E-state index contributed by atoms with van der Waals surface area (Å²) in [5, 5.41) is 2.61. The summed E-state index contributed by atoms with van der Waals surface area (Å²) >= 11 is 0. The highest BCUT2D eigenvalue weighted by molar-refractivity contribution is 6.10. The Morgan fingerprint density at radius 1 is 1.03 bits per heavy atom. The van der Waals surface area contributed by atoms with Gasteiger partial charge in [-0.15, -0.1) is 0 Å². The molecule has 0 fully saturated rings. The van der Waals surface area contributed by atoms with E-state index in [-0.39, 0.29) is 17.4 Å². The van der Waals surface area contributed by atoms with E-state index in [4.69, 9.17) is 18.9 Å². The SMILES string of the molecule is COC(=O)C1=C(C)N=C(C)C(C(=O)OC)[C@@H]1C(=O)OCC(=O)NCCCOC(C)C. The van der Waals surface area contributed by atoms with Crippen molar-refractivity contribution in [1.29, 1.82) is 0 Å². The van der Waals surface area contributed by atoms with Crippen LogP contribution in [0.4, 0.5) is 0 Å². The third-order valence-electron chi connectivity index (χ3n) is 4.38. The number of rotatable bonds is 10. The summed E-state index contributed by atoms with van der Waals surface area (Å²) in [5.74, 6) is -5.47. The van der Waals surface area contributed by atoms with Gasteiger partial charge in [0.25, 0.3) is 5.91 Å². The summed E-state index contributed by atoms with van der Waals surface area (Å²) in [7, 11) is 2.32. The van der Waals surface area contributed by atoms with E-state index in [1.165, 1.54) is 6.92 Å². The molecule has 2 atom stereocenters. The molecule has 0 aromatic rings. The van der Waals surface area contributed by atoms with Crippen LogP contribution in [0.3, 0.4) is 0 Å². The monoisotopic (exact) mass is 426 g/mol. The van der Waals surface area contributed by atoms with Gasteiger partial charge in [-0.05, 0) is 34.1 Å². The number of carbonyl (C=O) groups excluding carboxylic acids is 4. The number of hydrogen-bond acceptors (Lipinski definition) is 9. The molecule has 1 N–H and O–H groups in total. The number of nitrogens with one attached hydrogen (secondary N) is 1. The normalized spacial score (nSPS) is 18.6. The molecule has 168 valence electrons. The first-order valence-corrected chi connectivity index (χ1v) is 9.61. The Morgan fingerprint density at radius 3 is 2.27 bits per heavy atom. The van der Waals surface area contributed by atoms with Crippen LogP contribution in [0.15, 0.2) is 16.3 Å². The Hall–Kier alpha value is -2.75. The Balaban J connectivity index is 2.84. The molecular weight excluding hydrogens is 396 g/mol. The molecule has 0 bridgehead atoms. The molecule has 1 aliphatic rings. The second-order valence-corrected chi connectivity index (χ2v) is 6.95. The zero-order valence-electron chi connectivity index (χ0n) is 18.3. The minimum Gasteiger partial charge on any atom is -0.468 e. The van der Waals surface area contributed by atoms with Gasteiger partial charge in [0.2, 0.25) is 0 Å². The molecule has 0 saturated heterocycles. The lowest BCUT2D eigenvalue weighted by atomic mass is 9.80. The number of aliphatic imine (C=N–C) groups is 1. The fraction of sp³-hybridized carbons (Fsp3) is 0.650. The zero-order valence-corrected chi connectivity index (χ0v) is 18.3. The largest absolute Gasteiger partial charge is 0.468 e. The van der Waals surface area contributed by atoms with Gasteiger partial charge in [-0.3, -0.25) is 19.4 Å². The van der Waals surface area contributed by atoms with Crippen LogP contribution in [0.25, 0.3) is 0 Å². The molecule has 0 aromatic heterocycles. The van der Waals surface area contributed by atoms with Crippen LogP contribution in [0.1, 0.15) is 34.1 Å². The van der Waals surface area contributed by atoms with Gasteiger partial charge < -0.3 is 24.3 Å². The molecule has 1 aliphatic heterocycles. The van der Waals surface area contributed by atoms with E-state index in [1.807, 2.05) is 13.8 Å². The fourth-order valence-corrected chi connectivity index (χ4v) is 3.00. The smallest absolute Gasteiger partial charge is 0.336 e. The average molecular weight is 426 g/mol. The van der Waals surface area contributed by atoms with E-state index in [1.54, 1.807) is 6.92 Å². The Labute approximate surface area is 176 Å². The first kappa shape index (κ1) is 25.3. The summed E-state index contributed by atoms with van der Waals surface area (Å²) in [6.45, 7) is 7.19. The van der Waals surface area contributed by atoms with Crippen LogP contribution in [0, 0.1) is 11.8 Å². The highest BCUT2D eigenvalue weighted by Gasteiger charge is 2.46. The predicted molar refractivity (Wildman–Crippen MR) is 106 cm³/mol. The second kappa shape index (κ2) is 12.1. The number of amides is 1. The van der Waals surface area contributed by atoms with Gasteiger partial charge in [0.15, 0.2) is 6.61 Å². The van der Waals surface area contributed by atoms with E-state index >= 15 is 0 Å². The second-order valence-electron chi connectivity index (χ2n) is 6.95. The standard InChI is InChI=1S/C20H30N2O8/c1-11(2)29-9-7-8-21-14(23)10-30-20(26)17-15(18(24)27-5)12(3)22-13(4)16(17)19(25)28-6/h11,15,17H,7-10H2,1-6H3,(H,21,23)/t15?,17-/m0/s1. The Bertz CT molecular complexity index is 726. The maximum atomic E-state index is 12.8. The molecule has 0 aliphatic carbocycles. The number of ether oxygens (including phenoxy) is 4. The number of hydrogen-bond donors (Lipinski definition) is 1. The van der Waals surface area contributed by atoms with Crippen molar-refractivity contribution in [3.8, 4) is 0 Å². The van der Waals surface area contributed by atoms with Crippen molar-refractivity contribution in [3.05, 3.63) is 11.3 Å². The quantitative estimate of drug-likeness (QED) is 0.308. The molecule has 10 heteroatoms. The van der Waals surface area contributed by atoms with Crippen LogP contribution in [0.2, 0.25) is 0 Å². The molecule has 0 saturated carbocycles. The van der Waals surface area contributed by atoms with Crippen molar-refractivity contribution >= 4 is 29.5 Å². The van der Waals surface area contributed by atoms with Crippen molar-refractivity contribution in [3.63, 3.8) is 0 Å². The van der Waals surface area contributed by atoms with Gasteiger partial charge in [0.05, 0.1) is 25.9 Å². The highest BCUT2D eigenvalue weighted by atomic mass is 16.5. The van der Waals surface area contributed by atoms with Crippen LogP contribution < -0.4 is 5.32 Å². The predicted octanol–water partition coefficient (Wildman–Crippen LogP) is 0.788. The van der Waals surface area contributed by atoms with Crippen molar-refractivity contribution < 1.29 is 38.1 Å².